The number of rotatable bonds is 9. The molecule has 1 aromatic carbocycles. The zero-order valence-corrected chi connectivity index (χ0v) is 14.6. The maximum absolute atomic E-state index is 12.2. The minimum atomic E-state index is 0.277. The van der Waals surface area contributed by atoms with Crippen LogP contribution in [0.5, 0.6) is 0 Å². The van der Waals surface area contributed by atoms with E-state index in [1.807, 2.05) is 4.90 Å². The van der Waals surface area contributed by atoms with Crippen molar-refractivity contribution < 1.29 is 4.79 Å². The first-order valence-corrected chi connectivity index (χ1v) is 9.32. The molecule has 0 aliphatic carbocycles. The van der Waals surface area contributed by atoms with Gasteiger partial charge in [-0.2, -0.15) is 0 Å². The van der Waals surface area contributed by atoms with Crippen LogP contribution in [0.1, 0.15) is 51.0 Å². The molecule has 0 bridgehead atoms. The van der Waals surface area contributed by atoms with E-state index in [-0.39, 0.29) is 5.91 Å². The number of hydrogen-bond acceptors (Lipinski definition) is 2. The third kappa shape index (κ3) is 6.74. The number of carbonyl (C=O) groups excluding carboxylic acids is 1. The third-order valence-electron chi connectivity index (χ3n) is 4.82. The van der Waals surface area contributed by atoms with Crippen LogP contribution in [-0.4, -0.2) is 37.0 Å². The van der Waals surface area contributed by atoms with Crippen LogP contribution in [0.3, 0.4) is 0 Å². The van der Waals surface area contributed by atoms with Gasteiger partial charge in [0.1, 0.15) is 0 Å². The SMILES string of the molecule is CCCCCCNCC(=O)N1CCC(Cc2ccccc2)CC1. The Labute approximate surface area is 141 Å². The summed E-state index contributed by atoms with van der Waals surface area (Å²) in [4.78, 5) is 14.3. The summed E-state index contributed by atoms with van der Waals surface area (Å²) < 4.78 is 0. The fraction of sp³-hybridized carbons (Fsp3) is 0.650. The summed E-state index contributed by atoms with van der Waals surface area (Å²) in [6.07, 6.45) is 8.43. The van der Waals surface area contributed by atoms with Crippen LogP contribution in [0.2, 0.25) is 0 Å². The Kier molecular flexibility index (Phi) is 8.16. The van der Waals surface area contributed by atoms with Gasteiger partial charge in [-0.15, -0.1) is 0 Å². The highest BCUT2D eigenvalue weighted by molar-refractivity contribution is 5.78. The number of amides is 1. The smallest absolute Gasteiger partial charge is 0.236 e. The van der Waals surface area contributed by atoms with E-state index in [1.165, 1.54) is 31.2 Å². The van der Waals surface area contributed by atoms with Crippen molar-refractivity contribution in [1.29, 1.82) is 0 Å². The first-order chi connectivity index (χ1) is 11.3. The number of hydrogen-bond donors (Lipinski definition) is 1. The fourth-order valence-electron chi connectivity index (χ4n) is 3.32. The van der Waals surface area contributed by atoms with E-state index in [0.29, 0.717) is 6.54 Å². The Morgan fingerprint density at radius 3 is 2.57 bits per heavy atom. The number of benzene rings is 1. The van der Waals surface area contributed by atoms with E-state index in [4.69, 9.17) is 0 Å². The molecule has 1 aliphatic heterocycles. The lowest BCUT2D eigenvalue weighted by molar-refractivity contribution is -0.131. The van der Waals surface area contributed by atoms with Crippen LogP contribution in [0.4, 0.5) is 0 Å². The molecule has 0 unspecified atom stereocenters. The monoisotopic (exact) mass is 316 g/mol. The highest BCUT2D eigenvalue weighted by atomic mass is 16.2. The molecule has 3 heteroatoms. The predicted molar refractivity (Wildman–Crippen MR) is 96.5 cm³/mol. The number of nitrogens with one attached hydrogen (secondary N) is 1. The van der Waals surface area contributed by atoms with Gasteiger partial charge in [-0.05, 0) is 43.7 Å². The maximum atomic E-state index is 12.2. The van der Waals surface area contributed by atoms with Gasteiger partial charge in [-0.1, -0.05) is 56.5 Å². The van der Waals surface area contributed by atoms with E-state index in [2.05, 4.69) is 42.6 Å². The van der Waals surface area contributed by atoms with Gasteiger partial charge in [0.05, 0.1) is 6.54 Å². The molecule has 3 nitrogen and oxygen atoms in total. The minimum Gasteiger partial charge on any atom is -0.342 e. The highest BCUT2D eigenvalue weighted by Crippen LogP contribution is 2.21. The number of piperidine rings is 1. The molecule has 1 aromatic rings. The molecule has 1 fully saturated rings. The molecule has 0 radical (unpaired) electrons. The molecule has 0 atom stereocenters. The number of likely N-dealkylation sites (tertiary alicyclic amines) is 1. The maximum Gasteiger partial charge on any atom is 0.236 e. The van der Waals surface area contributed by atoms with Crippen LogP contribution in [0.25, 0.3) is 0 Å². The fourth-order valence-corrected chi connectivity index (χ4v) is 3.32. The molecule has 2 rings (SSSR count). The molecule has 1 amide bonds. The van der Waals surface area contributed by atoms with Crippen molar-refractivity contribution in [2.24, 2.45) is 5.92 Å². The van der Waals surface area contributed by atoms with Crippen molar-refractivity contribution >= 4 is 5.91 Å². The zero-order chi connectivity index (χ0) is 16.3. The molecular formula is C20H32N2O. The Hall–Kier alpha value is -1.35. The van der Waals surface area contributed by atoms with E-state index >= 15 is 0 Å². The number of unbranched alkanes of at least 4 members (excludes halogenated alkanes) is 3. The lowest BCUT2D eigenvalue weighted by Crippen LogP contribution is -2.43. The van der Waals surface area contributed by atoms with Crippen molar-refractivity contribution in [1.82, 2.24) is 10.2 Å². The summed E-state index contributed by atoms with van der Waals surface area (Å²) >= 11 is 0. The van der Waals surface area contributed by atoms with Gasteiger partial charge in [-0.3, -0.25) is 4.79 Å². The van der Waals surface area contributed by atoms with Crippen molar-refractivity contribution in [3.8, 4) is 0 Å². The summed E-state index contributed by atoms with van der Waals surface area (Å²) in [5.74, 6) is 1.00. The Morgan fingerprint density at radius 2 is 1.87 bits per heavy atom. The topological polar surface area (TPSA) is 32.3 Å². The van der Waals surface area contributed by atoms with Crippen molar-refractivity contribution in [2.75, 3.05) is 26.2 Å². The van der Waals surface area contributed by atoms with Crippen LogP contribution in [0, 0.1) is 5.92 Å². The standard InChI is InChI=1S/C20H32N2O/c1-2-3-4-8-13-21-17-20(23)22-14-11-19(12-15-22)16-18-9-6-5-7-10-18/h5-7,9-10,19,21H,2-4,8,11-17H2,1H3. The Bertz CT molecular complexity index is 438. The van der Waals surface area contributed by atoms with Gasteiger partial charge in [0.25, 0.3) is 0 Å². The van der Waals surface area contributed by atoms with E-state index in [1.54, 1.807) is 0 Å². The van der Waals surface area contributed by atoms with Gasteiger partial charge >= 0.3 is 0 Å². The van der Waals surface area contributed by atoms with E-state index < -0.39 is 0 Å². The zero-order valence-electron chi connectivity index (χ0n) is 14.6. The Morgan fingerprint density at radius 1 is 1.13 bits per heavy atom. The molecule has 0 spiro atoms. The summed E-state index contributed by atoms with van der Waals surface area (Å²) in [7, 11) is 0. The van der Waals surface area contributed by atoms with Crippen molar-refractivity contribution in [2.45, 2.75) is 51.9 Å². The minimum absolute atomic E-state index is 0.277. The molecular weight excluding hydrogens is 284 g/mol. The largest absolute Gasteiger partial charge is 0.342 e. The first kappa shape index (κ1) is 18.0. The Balaban J connectivity index is 1.59. The molecule has 1 N–H and O–H groups in total. The summed E-state index contributed by atoms with van der Waals surface area (Å²) in [5.41, 5.74) is 1.42. The van der Waals surface area contributed by atoms with E-state index in [0.717, 1.165) is 44.8 Å². The van der Waals surface area contributed by atoms with Crippen LogP contribution >= 0.6 is 0 Å². The number of carbonyl (C=O) groups is 1. The van der Waals surface area contributed by atoms with Gasteiger partial charge in [-0.25, -0.2) is 0 Å². The second-order valence-corrected chi connectivity index (χ2v) is 6.75. The predicted octanol–water partition coefficient (Wildman–Crippen LogP) is 3.64. The van der Waals surface area contributed by atoms with Crippen molar-refractivity contribution in [3.63, 3.8) is 0 Å². The van der Waals surface area contributed by atoms with Crippen molar-refractivity contribution in [3.05, 3.63) is 35.9 Å². The first-order valence-electron chi connectivity index (χ1n) is 9.32. The number of nitrogens with zero attached hydrogens (tertiary/aromatic N) is 1. The molecule has 1 aliphatic rings. The average molecular weight is 316 g/mol. The average Bonchev–Trinajstić information content (AvgIpc) is 2.59. The summed E-state index contributed by atoms with van der Waals surface area (Å²) in [6.45, 7) is 5.55. The molecule has 0 saturated carbocycles. The van der Waals surface area contributed by atoms with Gasteiger partial charge in [0, 0.05) is 13.1 Å². The third-order valence-corrected chi connectivity index (χ3v) is 4.82. The second kappa shape index (κ2) is 10.4. The lowest BCUT2D eigenvalue weighted by Gasteiger charge is -2.32. The van der Waals surface area contributed by atoms with Crippen LogP contribution in [0.15, 0.2) is 30.3 Å². The quantitative estimate of drug-likeness (QED) is 0.706. The van der Waals surface area contributed by atoms with Crippen LogP contribution in [-0.2, 0) is 11.2 Å². The molecule has 1 heterocycles. The van der Waals surface area contributed by atoms with Gasteiger partial charge in [0.2, 0.25) is 5.91 Å². The molecule has 0 aromatic heterocycles. The van der Waals surface area contributed by atoms with E-state index in [9.17, 15) is 4.79 Å². The normalized spacial score (nSPS) is 15.8. The summed E-state index contributed by atoms with van der Waals surface area (Å²) in [5, 5.41) is 3.30. The molecule has 1 saturated heterocycles. The van der Waals surface area contributed by atoms with Crippen LogP contribution < -0.4 is 5.32 Å². The van der Waals surface area contributed by atoms with Gasteiger partial charge < -0.3 is 10.2 Å². The lowest BCUT2D eigenvalue weighted by atomic mass is 9.90. The molecule has 23 heavy (non-hydrogen) atoms. The second-order valence-electron chi connectivity index (χ2n) is 6.75. The van der Waals surface area contributed by atoms with Gasteiger partial charge in [0.15, 0.2) is 0 Å². The summed E-state index contributed by atoms with van der Waals surface area (Å²) in [6, 6.07) is 10.7. The highest BCUT2D eigenvalue weighted by Gasteiger charge is 2.22. The molecule has 128 valence electrons.